The van der Waals surface area contributed by atoms with Crippen molar-refractivity contribution in [1.29, 1.82) is 0 Å². The zero-order valence-electron chi connectivity index (χ0n) is 6.39. The van der Waals surface area contributed by atoms with E-state index < -0.39 is 12.0 Å². The minimum Gasteiger partial charge on any atom is -0.393 e. The molecule has 11 heavy (non-hydrogen) atoms. The molecule has 4 heteroatoms. The average Bonchev–Trinajstić information content (AvgIpc) is 2.47. The molecule has 0 bridgehead atoms. The highest BCUT2D eigenvalue weighted by molar-refractivity contribution is 5.49. The summed E-state index contributed by atoms with van der Waals surface area (Å²) in [4.78, 5) is 9.46. The molecule has 1 atom stereocenters. The highest BCUT2D eigenvalue weighted by atomic mass is 19.3. The summed E-state index contributed by atoms with van der Waals surface area (Å²) in [6.45, 7) is 1.58. The molecule has 1 unspecified atom stereocenters. The van der Waals surface area contributed by atoms with Crippen molar-refractivity contribution in [1.82, 2.24) is 0 Å². The van der Waals surface area contributed by atoms with Crippen molar-refractivity contribution in [3.8, 4) is 0 Å². The topological polar surface area (TPSA) is 37.3 Å². The Labute approximate surface area is 64.2 Å². The molecule has 0 heterocycles. The molecule has 0 saturated heterocycles. The summed E-state index contributed by atoms with van der Waals surface area (Å²) >= 11 is 0. The lowest BCUT2D eigenvalue weighted by atomic mass is 10.3. The number of alkyl halides is 2. The first-order valence-corrected chi connectivity index (χ1v) is 3.47. The molecule has 1 fully saturated rings. The van der Waals surface area contributed by atoms with Crippen LogP contribution < -0.4 is 0 Å². The third-order valence-corrected chi connectivity index (χ3v) is 1.07. The van der Waals surface area contributed by atoms with Gasteiger partial charge in [-0.15, -0.1) is 0 Å². The molecule has 1 aliphatic rings. The number of carbonyl (C=O) groups excluding carboxylic acids is 1. The van der Waals surface area contributed by atoms with E-state index in [1.807, 2.05) is 0 Å². The first-order chi connectivity index (χ1) is 4.98. The minimum atomic E-state index is -2.25. The molecule has 0 aromatic carbocycles. The second-order valence-corrected chi connectivity index (χ2v) is 2.61. The van der Waals surface area contributed by atoms with Crippen LogP contribution in [0.5, 0.6) is 0 Å². The molecule has 0 radical (unpaired) electrons. The summed E-state index contributed by atoms with van der Waals surface area (Å²) in [5.41, 5.74) is 0. The molecule has 0 aromatic heterocycles. The number of aliphatic hydroxyl groups excluding tert-OH is 1. The van der Waals surface area contributed by atoms with Crippen molar-refractivity contribution >= 4 is 6.29 Å². The van der Waals surface area contributed by atoms with Crippen molar-refractivity contribution < 1.29 is 18.7 Å². The van der Waals surface area contributed by atoms with E-state index in [1.165, 1.54) is 0 Å². The van der Waals surface area contributed by atoms with Gasteiger partial charge in [-0.05, 0) is 6.92 Å². The van der Waals surface area contributed by atoms with Gasteiger partial charge in [-0.2, -0.15) is 0 Å². The van der Waals surface area contributed by atoms with Crippen molar-refractivity contribution in [2.45, 2.75) is 38.2 Å². The number of hydrogen-bond acceptors (Lipinski definition) is 2. The van der Waals surface area contributed by atoms with Gasteiger partial charge in [-0.1, -0.05) is 0 Å². The van der Waals surface area contributed by atoms with Crippen LogP contribution in [0.3, 0.4) is 0 Å². The molecular weight excluding hydrogens is 154 g/mol. The predicted molar refractivity (Wildman–Crippen MR) is 36.5 cm³/mol. The first-order valence-electron chi connectivity index (χ1n) is 3.47. The van der Waals surface area contributed by atoms with Crippen LogP contribution in [-0.2, 0) is 4.79 Å². The standard InChI is InChI=1S/C4H8O2.C3H4F2/c1-4(6)2-3-5;4-3(5)1-2-3/h3-4,6H,2H2,1H3;1-2H2. The molecule has 1 saturated carbocycles. The lowest BCUT2D eigenvalue weighted by Crippen LogP contribution is -1.97. The van der Waals surface area contributed by atoms with E-state index >= 15 is 0 Å². The predicted octanol–water partition coefficient (Wildman–Crippen LogP) is 1.37. The van der Waals surface area contributed by atoms with Gasteiger partial charge in [-0.3, -0.25) is 0 Å². The zero-order chi connectivity index (χ0) is 8.91. The van der Waals surface area contributed by atoms with E-state index in [2.05, 4.69) is 0 Å². The second-order valence-electron chi connectivity index (χ2n) is 2.61. The van der Waals surface area contributed by atoms with Crippen molar-refractivity contribution in [3.05, 3.63) is 0 Å². The second kappa shape index (κ2) is 4.38. The lowest BCUT2D eigenvalue weighted by molar-refractivity contribution is -0.109. The van der Waals surface area contributed by atoms with Gasteiger partial charge in [-0.25, -0.2) is 8.78 Å². The molecule has 2 nitrogen and oxygen atoms in total. The van der Waals surface area contributed by atoms with Gasteiger partial charge < -0.3 is 9.90 Å². The maximum Gasteiger partial charge on any atom is 0.248 e. The summed E-state index contributed by atoms with van der Waals surface area (Å²) in [5, 5.41) is 8.32. The Balaban J connectivity index is 0.000000183. The van der Waals surface area contributed by atoms with E-state index in [0.29, 0.717) is 6.29 Å². The molecule has 0 aromatic rings. The van der Waals surface area contributed by atoms with Gasteiger partial charge in [0, 0.05) is 19.3 Å². The van der Waals surface area contributed by atoms with Crippen LogP contribution in [-0.4, -0.2) is 23.4 Å². The van der Waals surface area contributed by atoms with Gasteiger partial charge in [0.25, 0.3) is 0 Å². The smallest absolute Gasteiger partial charge is 0.248 e. The van der Waals surface area contributed by atoms with Crippen molar-refractivity contribution in [2.75, 3.05) is 0 Å². The van der Waals surface area contributed by atoms with Gasteiger partial charge in [0.2, 0.25) is 5.92 Å². The summed E-state index contributed by atoms with van der Waals surface area (Å²) in [7, 11) is 0. The SMILES string of the molecule is CC(O)CC=O.FC1(F)CC1. The van der Waals surface area contributed by atoms with Crippen LogP contribution in [0.25, 0.3) is 0 Å². The van der Waals surface area contributed by atoms with E-state index in [4.69, 9.17) is 5.11 Å². The molecule has 1 N–H and O–H groups in total. The molecular formula is C7H12F2O2. The third kappa shape index (κ3) is 9.49. The quantitative estimate of drug-likeness (QED) is 0.629. The monoisotopic (exact) mass is 166 g/mol. The maximum atomic E-state index is 11.1. The van der Waals surface area contributed by atoms with E-state index in [9.17, 15) is 13.6 Å². The van der Waals surface area contributed by atoms with Crippen LogP contribution in [0, 0.1) is 0 Å². The average molecular weight is 166 g/mol. The van der Waals surface area contributed by atoms with E-state index in [1.54, 1.807) is 6.92 Å². The number of aliphatic hydroxyl groups is 1. The van der Waals surface area contributed by atoms with Gasteiger partial charge in [0.05, 0.1) is 6.10 Å². The minimum absolute atomic E-state index is 0.118. The molecule has 0 spiro atoms. The van der Waals surface area contributed by atoms with E-state index in [0.717, 1.165) is 0 Å². The van der Waals surface area contributed by atoms with Crippen LogP contribution in [0.4, 0.5) is 8.78 Å². The first kappa shape index (κ1) is 10.5. The fraction of sp³-hybridized carbons (Fsp3) is 0.857. The molecule has 1 rings (SSSR count). The normalized spacial score (nSPS) is 21.1. The lowest BCUT2D eigenvalue weighted by Gasteiger charge is -1.89. The highest BCUT2D eigenvalue weighted by Crippen LogP contribution is 2.40. The molecule has 66 valence electrons. The Bertz CT molecular complexity index is 118. The number of carbonyl (C=O) groups is 1. The van der Waals surface area contributed by atoms with Gasteiger partial charge in [0.1, 0.15) is 6.29 Å². The fourth-order valence-electron chi connectivity index (χ4n) is 0.234. The van der Waals surface area contributed by atoms with Crippen LogP contribution in [0.15, 0.2) is 0 Å². The van der Waals surface area contributed by atoms with Crippen LogP contribution in [0.1, 0.15) is 26.2 Å². The third-order valence-electron chi connectivity index (χ3n) is 1.07. The maximum absolute atomic E-state index is 11.1. The summed E-state index contributed by atoms with van der Waals surface area (Å²) in [5.74, 6) is -2.25. The van der Waals surface area contributed by atoms with Gasteiger partial charge in [0.15, 0.2) is 0 Å². The Kier molecular flexibility index (Phi) is 4.18. The Hall–Kier alpha value is -0.510. The van der Waals surface area contributed by atoms with Crippen molar-refractivity contribution in [3.63, 3.8) is 0 Å². The number of halogens is 2. The largest absolute Gasteiger partial charge is 0.393 e. The fourth-order valence-corrected chi connectivity index (χ4v) is 0.234. The molecule has 0 aliphatic heterocycles. The Morgan fingerprint density at radius 3 is 2.00 bits per heavy atom. The number of rotatable bonds is 2. The highest BCUT2D eigenvalue weighted by Gasteiger charge is 2.43. The van der Waals surface area contributed by atoms with Crippen LogP contribution in [0.2, 0.25) is 0 Å². The summed E-state index contributed by atoms with van der Waals surface area (Å²) < 4.78 is 22.3. The molecule has 0 amide bonds. The summed E-state index contributed by atoms with van der Waals surface area (Å²) in [6.07, 6.45) is 0.715. The number of hydrogen-bond donors (Lipinski definition) is 1. The number of aldehydes is 1. The van der Waals surface area contributed by atoms with Gasteiger partial charge >= 0.3 is 0 Å². The van der Waals surface area contributed by atoms with Crippen molar-refractivity contribution in [2.24, 2.45) is 0 Å². The summed E-state index contributed by atoms with van der Waals surface area (Å²) in [6, 6.07) is 0. The van der Waals surface area contributed by atoms with E-state index in [-0.39, 0.29) is 19.3 Å². The zero-order valence-corrected chi connectivity index (χ0v) is 6.39. The Morgan fingerprint density at radius 1 is 1.64 bits per heavy atom. The van der Waals surface area contributed by atoms with Crippen LogP contribution >= 0.6 is 0 Å². The molecule has 1 aliphatic carbocycles. The Morgan fingerprint density at radius 2 is 2.00 bits per heavy atom.